The summed E-state index contributed by atoms with van der Waals surface area (Å²) in [6.45, 7) is 1.70. The molecular formula is C8H14N2O3S. The van der Waals surface area contributed by atoms with E-state index in [0.29, 0.717) is 5.75 Å². The van der Waals surface area contributed by atoms with Crippen LogP contribution in [0.3, 0.4) is 0 Å². The zero-order valence-electron chi connectivity index (χ0n) is 8.24. The van der Waals surface area contributed by atoms with Crippen LogP contribution in [0.4, 0.5) is 4.79 Å². The minimum Gasteiger partial charge on any atom is -0.387 e. The molecule has 1 saturated heterocycles. The van der Waals surface area contributed by atoms with Gasteiger partial charge in [0.15, 0.2) is 0 Å². The van der Waals surface area contributed by atoms with Crippen molar-refractivity contribution in [3.8, 4) is 0 Å². The van der Waals surface area contributed by atoms with Gasteiger partial charge in [-0.1, -0.05) is 0 Å². The molecule has 0 aromatic rings. The highest BCUT2D eigenvalue weighted by Gasteiger charge is 2.34. The van der Waals surface area contributed by atoms with E-state index in [0.717, 1.165) is 4.90 Å². The van der Waals surface area contributed by atoms with Gasteiger partial charge < -0.3 is 10.4 Å². The molecule has 0 aliphatic carbocycles. The monoisotopic (exact) mass is 218 g/mol. The molecule has 14 heavy (non-hydrogen) atoms. The third-order valence-corrected chi connectivity index (χ3v) is 2.80. The molecule has 1 rings (SSSR count). The maximum Gasteiger partial charge on any atom is 0.324 e. The van der Waals surface area contributed by atoms with Crippen molar-refractivity contribution in [1.29, 1.82) is 0 Å². The van der Waals surface area contributed by atoms with E-state index in [2.05, 4.69) is 5.32 Å². The van der Waals surface area contributed by atoms with Gasteiger partial charge in [0.05, 0.1) is 18.7 Å². The number of amides is 3. The van der Waals surface area contributed by atoms with Gasteiger partial charge >= 0.3 is 6.03 Å². The fraction of sp³-hybridized carbons (Fsp3) is 0.750. The zero-order chi connectivity index (χ0) is 10.8. The summed E-state index contributed by atoms with van der Waals surface area (Å²) in [4.78, 5) is 23.4. The lowest BCUT2D eigenvalue weighted by Gasteiger charge is -2.26. The van der Waals surface area contributed by atoms with Crippen LogP contribution in [0, 0.1) is 0 Å². The first-order valence-corrected chi connectivity index (χ1v) is 5.65. The van der Waals surface area contributed by atoms with Gasteiger partial charge in [-0.05, 0) is 13.2 Å². The molecular weight excluding hydrogens is 204 g/mol. The van der Waals surface area contributed by atoms with E-state index in [1.807, 2.05) is 6.26 Å². The summed E-state index contributed by atoms with van der Waals surface area (Å²) in [5.74, 6) is 0.209. The third kappa shape index (κ3) is 2.62. The normalized spacial score (nSPS) is 20.9. The van der Waals surface area contributed by atoms with E-state index >= 15 is 0 Å². The maximum atomic E-state index is 11.2. The van der Waals surface area contributed by atoms with Crippen molar-refractivity contribution in [2.75, 3.05) is 25.1 Å². The van der Waals surface area contributed by atoms with Gasteiger partial charge in [0.2, 0.25) is 5.91 Å². The molecule has 3 amide bonds. The summed E-state index contributed by atoms with van der Waals surface area (Å²) in [5.41, 5.74) is -1.02. The van der Waals surface area contributed by atoms with E-state index in [9.17, 15) is 14.7 Å². The van der Waals surface area contributed by atoms with E-state index in [1.165, 1.54) is 11.8 Å². The Morgan fingerprint density at radius 2 is 2.29 bits per heavy atom. The first kappa shape index (κ1) is 11.3. The Bertz CT molecular complexity index is 239. The van der Waals surface area contributed by atoms with Crippen LogP contribution in [0.5, 0.6) is 0 Å². The van der Waals surface area contributed by atoms with Crippen LogP contribution in [0.2, 0.25) is 0 Å². The first-order valence-electron chi connectivity index (χ1n) is 4.26. The molecule has 0 radical (unpaired) electrons. The van der Waals surface area contributed by atoms with Crippen molar-refractivity contribution in [2.24, 2.45) is 0 Å². The van der Waals surface area contributed by atoms with Crippen molar-refractivity contribution in [1.82, 2.24) is 10.2 Å². The number of aliphatic hydroxyl groups is 1. The maximum absolute atomic E-state index is 11.2. The number of urea groups is 1. The van der Waals surface area contributed by atoms with E-state index in [-0.39, 0.29) is 19.0 Å². The van der Waals surface area contributed by atoms with E-state index < -0.39 is 11.6 Å². The summed E-state index contributed by atoms with van der Waals surface area (Å²) < 4.78 is 0. The molecule has 0 aromatic heterocycles. The second-order valence-corrected chi connectivity index (χ2v) is 4.43. The van der Waals surface area contributed by atoms with Crippen LogP contribution in [-0.2, 0) is 4.79 Å². The fourth-order valence-corrected chi connectivity index (χ4v) is 2.03. The Kier molecular flexibility index (Phi) is 3.38. The van der Waals surface area contributed by atoms with E-state index in [1.54, 1.807) is 6.92 Å². The van der Waals surface area contributed by atoms with Gasteiger partial charge in [-0.25, -0.2) is 4.79 Å². The Morgan fingerprint density at radius 1 is 1.64 bits per heavy atom. The lowest BCUT2D eigenvalue weighted by Crippen LogP contribution is -2.45. The standard InChI is InChI=1S/C8H14N2O3S/c1-8(13,5-14-2)4-10-6(11)3-9-7(10)12/h13H,3-5H2,1-2H3,(H,9,12). The molecule has 0 bridgehead atoms. The predicted molar refractivity (Wildman–Crippen MR) is 54.1 cm³/mol. The topological polar surface area (TPSA) is 69.6 Å². The average Bonchev–Trinajstić information content (AvgIpc) is 2.35. The SMILES string of the molecule is CSCC(C)(O)CN1C(=O)CNC1=O. The number of hydrogen-bond acceptors (Lipinski definition) is 4. The van der Waals surface area contributed by atoms with Gasteiger partial charge in [-0.2, -0.15) is 11.8 Å². The number of nitrogens with zero attached hydrogens (tertiary/aromatic N) is 1. The Hall–Kier alpha value is -0.750. The van der Waals surface area contributed by atoms with Crippen LogP contribution in [0.1, 0.15) is 6.92 Å². The smallest absolute Gasteiger partial charge is 0.324 e. The van der Waals surface area contributed by atoms with Gasteiger partial charge in [0.25, 0.3) is 0 Å². The molecule has 1 fully saturated rings. The van der Waals surface area contributed by atoms with Crippen molar-refractivity contribution >= 4 is 23.7 Å². The molecule has 6 heteroatoms. The first-order chi connectivity index (χ1) is 6.46. The predicted octanol–water partition coefficient (Wildman–Crippen LogP) is -0.348. The van der Waals surface area contributed by atoms with Crippen LogP contribution in [0.25, 0.3) is 0 Å². The number of rotatable bonds is 4. The van der Waals surface area contributed by atoms with Gasteiger partial charge in [0, 0.05) is 5.75 Å². The number of thioether (sulfide) groups is 1. The quantitative estimate of drug-likeness (QED) is 0.633. The van der Waals surface area contributed by atoms with Crippen LogP contribution in [0.15, 0.2) is 0 Å². The second kappa shape index (κ2) is 4.18. The Labute approximate surface area is 86.8 Å². The summed E-state index contributed by atoms with van der Waals surface area (Å²) in [5, 5.41) is 12.2. The summed E-state index contributed by atoms with van der Waals surface area (Å²) in [7, 11) is 0. The number of β-amino-alcohol motifs (C(OH)–C–C–N with tert-alkyl or cyclic N) is 1. The van der Waals surface area contributed by atoms with Crippen molar-refractivity contribution < 1.29 is 14.7 Å². The highest BCUT2D eigenvalue weighted by Crippen LogP contribution is 2.14. The van der Waals surface area contributed by atoms with Crippen molar-refractivity contribution in [3.63, 3.8) is 0 Å². The van der Waals surface area contributed by atoms with Crippen LogP contribution >= 0.6 is 11.8 Å². The molecule has 1 aliphatic heterocycles. The largest absolute Gasteiger partial charge is 0.387 e. The molecule has 5 nitrogen and oxygen atoms in total. The van der Waals surface area contributed by atoms with Gasteiger partial charge in [-0.15, -0.1) is 0 Å². The summed E-state index contributed by atoms with van der Waals surface area (Å²) in [6, 6.07) is -0.420. The van der Waals surface area contributed by atoms with E-state index in [4.69, 9.17) is 0 Å². The Morgan fingerprint density at radius 3 is 2.71 bits per heavy atom. The lowest BCUT2D eigenvalue weighted by molar-refractivity contribution is -0.126. The average molecular weight is 218 g/mol. The minimum atomic E-state index is -1.02. The van der Waals surface area contributed by atoms with Gasteiger partial charge in [0.1, 0.15) is 0 Å². The molecule has 0 saturated carbocycles. The molecule has 2 N–H and O–H groups in total. The highest BCUT2D eigenvalue weighted by molar-refractivity contribution is 7.98. The second-order valence-electron chi connectivity index (χ2n) is 3.57. The number of nitrogens with one attached hydrogen (secondary N) is 1. The van der Waals surface area contributed by atoms with Gasteiger partial charge in [-0.3, -0.25) is 9.69 Å². The molecule has 1 aliphatic rings. The number of imide groups is 1. The molecule has 1 heterocycles. The zero-order valence-corrected chi connectivity index (χ0v) is 9.06. The molecule has 1 unspecified atom stereocenters. The summed E-state index contributed by atoms with van der Waals surface area (Å²) in [6.07, 6.45) is 1.86. The minimum absolute atomic E-state index is 0.0359. The summed E-state index contributed by atoms with van der Waals surface area (Å²) >= 11 is 1.47. The molecule has 80 valence electrons. The highest BCUT2D eigenvalue weighted by atomic mass is 32.2. The molecule has 0 aromatic carbocycles. The number of hydrogen-bond donors (Lipinski definition) is 2. The van der Waals surface area contributed by atoms with Crippen LogP contribution < -0.4 is 5.32 Å². The molecule has 1 atom stereocenters. The molecule has 0 spiro atoms. The number of carbonyl (C=O) groups is 2. The third-order valence-electron chi connectivity index (χ3n) is 1.89. The van der Waals surface area contributed by atoms with Crippen molar-refractivity contribution in [2.45, 2.75) is 12.5 Å². The van der Waals surface area contributed by atoms with Crippen LogP contribution in [-0.4, -0.2) is 52.6 Å². The fourth-order valence-electron chi connectivity index (χ4n) is 1.31. The lowest BCUT2D eigenvalue weighted by atomic mass is 10.1. The Balaban J connectivity index is 2.58. The van der Waals surface area contributed by atoms with Crippen molar-refractivity contribution in [3.05, 3.63) is 0 Å². The number of carbonyl (C=O) groups excluding carboxylic acids is 2.